The molecule has 0 amide bonds. The van der Waals surface area contributed by atoms with Crippen molar-refractivity contribution in [1.82, 2.24) is 5.32 Å². The molecule has 0 aromatic rings. The fourth-order valence-corrected chi connectivity index (χ4v) is 4.56. The monoisotopic (exact) mass is 189 g/mol. The van der Waals surface area contributed by atoms with Gasteiger partial charge in [-0.1, -0.05) is 0 Å². The lowest BCUT2D eigenvalue weighted by atomic mass is 9.80. The van der Waals surface area contributed by atoms with Crippen LogP contribution in [0.15, 0.2) is 0 Å². The Bertz CT molecular complexity index is 265. The quantitative estimate of drug-likeness (QED) is 0.591. The van der Waals surface area contributed by atoms with Crippen LogP contribution in [-0.4, -0.2) is 33.0 Å². The summed E-state index contributed by atoms with van der Waals surface area (Å²) in [6.45, 7) is 1.97. The van der Waals surface area contributed by atoms with Crippen LogP contribution in [0.1, 0.15) is 19.3 Å². The third kappa shape index (κ3) is 1.50. The molecule has 2 rings (SSSR count). The standard InChI is InChI=1S/C8H15NO2S/c10-12(11)5-3-8(7-12)2-1-4-9-6-8/h9H,1-7H2/t8-/m0/s1. The Balaban J connectivity index is 2.13. The molecule has 3 nitrogen and oxygen atoms in total. The molecule has 4 heteroatoms. The van der Waals surface area contributed by atoms with Crippen LogP contribution in [0.2, 0.25) is 0 Å². The summed E-state index contributed by atoms with van der Waals surface area (Å²) in [5, 5.41) is 3.29. The van der Waals surface area contributed by atoms with E-state index in [9.17, 15) is 8.42 Å². The summed E-state index contributed by atoms with van der Waals surface area (Å²) < 4.78 is 22.6. The molecule has 1 atom stereocenters. The van der Waals surface area contributed by atoms with Crippen molar-refractivity contribution in [1.29, 1.82) is 0 Å². The van der Waals surface area contributed by atoms with Gasteiger partial charge in [-0.2, -0.15) is 0 Å². The SMILES string of the molecule is O=S1(=O)CC[C@]2(CCCNC2)C1. The van der Waals surface area contributed by atoms with Crippen LogP contribution >= 0.6 is 0 Å². The highest BCUT2D eigenvalue weighted by Crippen LogP contribution is 2.37. The molecule has 70 valence electrons. The first-order valence-electron chi connectivity index (χ1n) is 4.53. The van der Waals surface area contributed by atoms with E-state index in [1.165, 1.54) is 0 Å². The van der Waals surface area contributed by atoms with E-state index in [1.807, 2.05) is 0 Å². The van der Waals surface area contributed by atoms with Gasteiger partial charge >= 0.3 is 0 Å². The summed E-state index contributed by atoms with van der Waals surface area (Å²) in [6.07, 6.45) is 3.11. The molecular weight excluding hydrogens is 174 g/mol. The normalized spacial score (nSPS) is 40.3. The van der Waals surface area contributed by atoms with Gasteiger partial charge in [-0.25, -0.2) is 8.42 Å². The molecule has 0 unspecified atom stereocenters. The molecule has 2 heterocycles. The van der Waals surface area contributed by atoms with Crippen LogP contribution in [0.25, 0.3) is 0 Å². The highest BCUT2D eigenvalue weighted by Gasteiger charge is 2.42. The molecule has 2 saturated heterocycles. The summed E-state index contributed by atoms with van der Waals surface area (Å²) >= 11 is 0. The first kappa shape index (κ1) is 8.51. The first-order valence-corrected chi connectivity index (χ1v) is 6.35. The van der Waals surface area contributed by atoms with Gasteiger partial charge in [0.05, 0.1) is 11.5 Å². The fraction of sp³-hybridized carbons (Fsp3) is 1.00. The molecule has 0 aromatic carbocycles. The summed E-state index contributed by atoms with van der Waals surface area (Å²) in [7, 11) is -2.69. The van der Waals surface area contributed by atoms with E-state index in [-0.39, 0.29) is 5.41 Å². The van der Waals surface area contributed by atoms with Gasteiger partial charge in [0.25, 0.3) is 0 Å². The Kier molecular flexibility index (Phi) is 1.92. The Labute approximate surface area is 73.5 Å². The van der Waals surface area contributed by atoms with E-state index in [2.05, 4.69) is 5.32 Å². The van der Waals surface area contributed by atoms with E-state index in [4.69, 9.17) is 0 Å². The van der Waals surface area contributed by atoms with Gasteiger partial charge in [0.15, 0.2) is 9.84 Å². The van der Waals surface area contributed by atoms with Crippen LogP contribution in [0.5, 0.6) is 0 Å². The zero-order valence-corrected chi connectivity index (χ0v) is 7.99. The van der Waals surface area contributed by atoms with Gasteiger partial charge in [-0.3, -0.25) is 0 Å². The fourth-order valence-electron chi connectivity index (χ4n) is 2.35. The van der Waals surface area contributed by atoms with Crippen LogP contribution < -0.4 is 5.32 Å². The summed E-state index contributed by atoms with van der Waals surface area (Å²) in [5.41, 5.74) is 0.108. The van der Waals surface area contributed by atoms with Crippen LogP contribution in [0.4, 0.5) is 0 Å². The Morgan fingerprint density at radius 3 is 2.58 bits per heavy atom. The van der Waals surface area contributed by atoms with Gasteiger partial charge in [0.1, 0.15) is 0 Å². The predicted octanol–water partition coefficient (Wildman–Crippen LogP) is 0.175. The zero-order valence-electron chi connectivity index (χ0n) is 7.17. The first-order chi connectivity index (χ1) is 5.62. The number of rotatable bonds is 0. The maximum absolute atomic E-state index is 11.3. The van der Waals surface area contributed by atoms with Crippen molar-refractivity contribution in [2.45, 2.75) is 19.3 Å². The lowest BCUT2D eigenvalue weighted by Crippen LogP contribution is -2.40. The maximum atomic E-state index is 11.3. The Morgan fingerprint density at radius 1 is 1.25 bits per heavy atom. The van der Waals surface area contributed by atoms with Crippen molar-refractivity contribution in [3.63, 3.8) is 0 Å². The molecular formula is C8H15NO2S. The second kappa shape index (κ2) is 2.70. The summed E-state index contributed by atoms with van der Waals surface area (Å²) in [6, 6.07) is 0. The number of sulfone groups is 1. The van der Waals surface area contributed by atoms with E-state index in [1.54, 1.807) is 0 Å². The molecule has 1 N–H and O–H groups in total. The second-order valence-corrected chi connectivity index (χ2v) is 6.31. The molecule has 0 aromatic heterocycles. The molecule has 12 heavy (non-hydrogen) atoms. The minimum atomic E-state index is -2.69. The van der Waals surface area contributed by atoms with Crippen LogP contribution in [0.3, 0.4) is 0 Å². The van der Waals surface area contributed by atoms with E-state index < -0.39 is 9.84 Å². The lowest BCUT2D eigenvalue weighted by molar-refractivity contribution is 0.244. The predicted molar refractivity (Wildman–Crippen MR) is 47.8 cm³/mol. The maximum Gasteiger partial charge on any atom is 0.150 e. The summed E-state index contributed by atoms with van der Waals surface area (Å²) in [4.78, 5) is 0. The van der Waals surface area contributed by atoms with E-state index >= 15 is 0 Å². The third-order valence-corrected chi connectivity index (χ3v) is 4.91. The van der Waals surface area contributed by atoms with Gasteiger partial charge in [0.2, 0.25) is 0 Å². The molecule has 0 bridgehead atoms. The average Bonchev–Trinajstić information content (AvgIpc) is 2.29. The molecule has 1 spiro atoms. The van der Waals surface area contributed by atoms with Crippen molar-refractivity contribution < 1.29 is 8.42 Å². The molecule has 2 aliphatic heterocycles. The highest BCUT2D eigenvalue weighted by atomic mass is 32.2. The number of nitrogens with one attached hydrogen (secondary N) is 1. The van der Waals surface area contributed by atoms with Gasteiger partial charge in [-0.05, 0) is 31.2 Å². The average molecular weight is 189 g/mol. The zero-order chi connectivity index (χ0) is 8.66. The lowest BCUT2D eigenvalue weighted by Gasteiger charge is -2.32. The minimum absolute atomic E-state index is 0.108. The van der Waals surface area contributed by atoms with Gasteiger partial charge < -0.3 is 5.32 Å². The smallest absolute Gasteiger partial charge is 0.150 e. The second-order valence-electron chi connectivity index (χ2n) is 4.12. The third-order valence-electron chi connectivity index (χ3n) is 3.03. The minimum Gasteiger partial charge on any atom is -0.316 e. The van der Waals surface area contributed by atoms with E-state index in [0.29, 0.717) is 11.5 Å². The number of hydrogen-bond donors (Lipinski definition) is 1. The number of hydrogen-bond acceptors (Lipinski definition) is 3. The van der Waals surface area contributed by atoms with Crippen molar-refractivity contribution in [3.05, 3.63) is 0 Å². The molecule has 2 fully saturated rings. The molecule has 0 aliphatic carbocycles. The van der Waals surface area contributed by atoms with Gasteiger partial charge in [-0.15, -0.1) is 0 Å². The highest BCUT2D eigenvalue weighted by molar-refractivity contribution is 7.91. The Morgan fingerprint density at radius 2 is 2.08 bits per heavy atom. The molecule has 0 radical (unpaired) electrons. The van der Waals surface area contributed by atoms with Crippen molar-refractivity contribution in [2.24, 2.45) is 5.41 Å². The van der Waals surface area contributed by atoms with E-state index in [0.717, 1.165) is 32.4 Å². The van der Waals surface area contributed by atoms with Crippen LogP contribution in [-0.2, 0) is 9.84 Å². The number of piperidine rings is 1. The van der Waals surface area contributed by atoms with Gasteiger partial charge in [0, 0.05) is 6.54 Å². The summed E-state index contributed by atoms with van der Waals surface area (Å²) in [5.74, 6) is 0.835. The largest absolute Gasteiger partial charge is 0.316 e. The van der Waals surface area contributed by atoms with Crippen LogP contribution in [0, 0.1) is 5.41 Å². The van der Waals surface area contributed by atoms with Crippen molar-refractivity contribution in [2.75, 3.05) is 24.6 Å². The van der Waals surface area contributed by atoms with Crippen molar-refractivity contribution in [3.8, 4) is 0 Å². The molecule has 0 saturated carbocycles. The topological polar surface area (TPSA) is 46.2 Å². The molecule has 2 aliphatic rings. The Hall–Kier alpha value is -0.0900. The van der Waals surface area contributed by atoms with Crippen molar-refractivity contribution >= 4 is 9.84 Å².